The van der Waals surface area contributed by atoms with E-state index in [2.05, 4.69) is 25.7 Å². The van der Waals surface area contributed by atoms with E-state index in [9.17, 15) is 0 Å². The number of ether oxygens (including phenoxy) is 1. The molecule has 1 aliphatic heterocycles. The summed E-state index contributed by atoms with van der Waals surface area (Å²) < 4.78 is 5.80. The van der Waals surface area contributed by atoms with Gasteiger partial charge in [-0.25, -0.2) is 0 Å². The molecule has 1 aliphatic carbocycles. The van der Waals surface area contributed by atoms with Gasteiger partial charge in [0.1, 0.15) is 0 Å². The van der Waals surface area contributed by atoms with Crippen molar-refractivity contribution in [3.05, 3.63) is 0 Å². The molecule has 0 radical (unpaired) electrons. The maximum Gasteiger partial charge on any atom is 0.0753 e. The van der Waals surface area contributed by atoms with Gasteiger partial charge in [-0.15, -0.1) is 0 Å². The van der Waals surface area contributed by atoms with Crippen LogP contribution >= 0.6 is 0 Å². The van der Waals surface area contributed by atoms with E-state index in [4.69, 9.17) is 10.5 Å². The molecule has 3 nitrogen and oxygen atoms in total. The first-order valence-corrected chi connectivity index (χ1v) is 7.51. The van der Waals surface area contributed by atoms with Crippen molar-refractivity contribution in [2.24, 2.45) is 17.1 Å². The van der Waals surface area contributed by atoms with Crippen LogP contribution in [0.2, 0.25) is 0 Å². The van der Waals surface area contributed by atoms with Gasteiger partial charge in [-0.1, -0.05) is 19.8 Å². The highest BCUT2D eigenvalue weighted by Crippen LogP contribution is 2.39. The lowest BCUT2D eigenvalue weighted by Crippen LogP contribution is -2.53. The first-order chi connectivity index (χ1) is 8.45. The van der Waals surface area contributed by atoms with Crippen molar-refractivity contribution in [1.29, 1.82) is 0 Å². The van der Waals surface area contributed by atoms with E-state index in [-0.39, 0.29) is 5.60 Å². The van der Waals surface area contributed by atoms with Crippen LogP contribution in [-0.4, -0.2) is 43.3 Å². The number of morpholine rings is 1. The predicted molar refractivity (Wildman–Crippen MR) is 75.6 cm³/mol. The van der Waals surface area contributed by atoms with Gasteiger partial charge in [0.15, 0.2) is 0 Å². The zero-order valence-electron chi connectivity index (χ0n) is 12.4. The van der Waals surface area contributed by atoms with Crippen LogP contribution in [0.15, 0.2) is 0 Å². The third kappa shape index (κ3) is 3.46. The Morgan fingerprint density at radius 2 is 1.94 bits per heavy atom. The molecule has 3 heteroatoms. The lowest BCUT2D eigenvalue weighted by atomic mass is 9.70. The number of nitrogens with zero attached hydrogens (tertiary/aromatic N) is 1. The van der Waals surface area contributed by atoms with E-state index in [0.717, 1.165) is 32.2 Å². The summed E-state index contributed by atoms with van der Waals surface area (Å²) in [5.74, 6) is 0.894. The molecular formula is C15H30N2O. The highest BCUT2D eigenvalue weighted by molar-refractivity contribution is 4.90. The van der Waals surface area contributed by atoms with Crippen molar-refractivity contribution in [3.8, 4) is 0 Å². The van der Waals surface area contributed by atoms with Crippen molar-refractivity contribution in [2.45, 2.75) is 52.1 Å². The van der Waals surface area contributed by atoms with Crippen LogP contribution in [0.5, 0.6) is 0 Å². The molecule has 1 heterocycles. The van der Waals surface area contributed by atoms with E-state index in [1.165, 1.54) is 32.2 Å². The molecule has 0 aromatic rings. The van der Waals surface area contributed by atoms with E-state index < -0.39 is 0 Å². The summed E-state index contributed by atoms with van der Waals surface area (Å²) >= 11 is 0. The Morgan fingerprint density at radius 1 is 1.28 bits per heavy atom. The summed E-state index contributed by atoms with van der Waals surface area (Å²) in [6.07, 6.45) is 5.32. The van der Waals surface area contributed by atoms with Gasteiger partial charge in [0, 0.05) is 19.6 Å². The molecule has 0 amide bonds. The summed E-state index contributed by atoms with van der Waals surface area (Å²) in [5, 5.41) is 0. The Hall–Kier alpha value is -0.120. The number of nitrogens with two attached hydrogens (primary N) is 1. The highest BCUT2D eigenvalue weighted by Gasteiger charge is 2.37. The quantitative estimate of drug-likeness (QED) is 0.839. The van der Waals surface area contributed by atoms with E-state index >= 15 is 0 Å². The van der Waals surface area contributed by atoms with Crippen molar-refractivity contribution in [1.82, 2.24) is 4.90 Å². The zero-order chi connectivity index (χ0) is 13.2. The lowest BCUT2D eigenvalue weighted by Gasteiger charge is -2.46. The first kappa shape index (κ1) is 14.3. The standard InChI is InChI=1S/C15H30N2O/c1-13-4-6-15(10-16,7-5-13)12-17-8-9-18-14(2,3)11-17/h13H,4-12,16H2,1-3H3. The molecule has 1 saturated carbocycles. The van der Waals surface area contributed by atoms with Crippen LogP contribution in [0, 0.1) is 11.3 Å². The van der Waals surface area contributed by atoms with Gasteiger partial charge in [0.05, 0.1) is 12.2 Å². The van der Waals surface area contributed by atoms with Crippen LogP contribution in [0.3, 0.4) is 0 Å². The Morgan fingerprint density at radius 3 is 2.50 bits per heavy atom. The summed E-state index contributed by atoms with van der Waals surface area (Å²) in [5.41, 5.74) is 6.50. The monoisotopic (exact) mass is 254 g/mol. The van der Waals surface area contributed by atoms with Crippen LogP contribution < -0.4 is 5.73 Å². The largest absolute Gasteiger partial charge is 0.373 e. The maximum atomic E-state index is 6.11. The van der Waals surface area contributed by atoms with Gasteiger partial charge < -0.3 is 10.5 Å². The molecule has 0 aromatic heterocycles. The van der Waals surface area contributed by atoms with Gasteiger partial charge in [0.2, 0.25) is 0 Å². The van der Waals surface area contributed by atoms with E-state index in [0.29, 0.717) is 5.41 Å². The Labute approximate surface area is 112 Å². The molecule has 18 heavy (non-hydrogen) atoms. The number of hydrogen-bond donors (Lipinski definition) is 1. The van der Waals surface area contributed by atoms with Gasteiger partial charge >= 0.3 is 0 Å². The lowest BCUT2D eigenvalue weighted by molar-refractivity contribution is -0.0965. The van der Waals surface area contributed by atoms with E-state index in [1.54, 1.807) is 0 Å². The third-order valence-corrected chi connectivity index (χ3v) is 4.83. The minimum atomic E-state index is 0.00992. The highest BCUT2D eigenvalue weighted by atomic mass is 16.5. The van der Waals surface area contributed by atoms with E-state index in [1.807, 2.05) is 0 Å². The molecule has 1 saturated heterocycles. The second-order valence-corrected chi connectivity index (χ2v) is 7.21. The fourth-order valence-electron chi connectivity index (χ4n) is 3.52. The van der Waals surface area contributed by atoms with Crippen molar-refractivity contribution in [2.75, 3.05) is 32.8 Å². The minimum absolute atomic E-state index is 0.00992. The molecule has 106 valence electrons. The van der Waals surface area contributed by atoms with Gasteiger partial charge in [-0.2, -0.15) is 0 Å². The summed E-state index contributed by atoms with van der Waals surface area (Å²) in [6, 6.07) is 0. The molecular weight excluding hydrogens is 224 g/mol. The molecule has 2 aliphatic rings. The fourth-order valence-corrected chi connectivity index (χ4v) is 3.52. The summed E-state index contributed by atoms with van der Waals surface area (Å²) in [7, 11) is 0. The van der Waals surface area contributed by atoms with Crippen molar-refractivity contribution >= 4 is 0 Å². The Kier molecular flexibility index (Phi) is 4.35. The third-order valence-electron chi connectivity index (χ3n) is 4.83. The zero-order valence-corrected chi connectivity index (χ0v) is 12.4. The van der Waals surface area contributed by atoms with Crippen molar-refractivity contribution in [3.63, 3.8) is 0 Å². The number of rotatable bonds is 3. The summed E-state index contributed by atoms with van der Waals surface area (Å²) in [6.45, 7) is 11.8. The van der Waals surface area contributed by atoms with Crippen LogP contribution in [0.1, 0.15) is 46.5 Å². The van der Waals surface area contributed by atoms with Gasteiger partial charge in [-0.05, 0) is 44.6 Å². The van der Waals surface area contributed by atoms with Crippen LogP contribution in [0.4, 0.5) is 0 Å². The SMILES string of the molecule is CC1CCC(CN)(CN2CCOC(C)(C)C2)CC1. The summed E-state index contributed by atoms with van der Waals surface area (Å²) in [4.78, 5) is 2.58. The average Bonchev–Trinajstić information content (AvgIpc) is 2.31. The second kappa shape index (κ2) is 5.48. The fraction of sp³-hybridized carbons (Fsp3) is 1.00. The van der Waals surface area contributed by atoms with Crippen molar-refractivity contribution < 1.29 is 4.74 Å². The number of hydrogen-bond acceptors (Lipinski definition) is 3. The molecule has 2 rings (SSSR count). The molecule has 0 unspecified atom stereocenters. The smallest absolute Gasteiger partial charge is 0.0753 e. The molecule has 0 bridgehead atoms. The van der Waals surface area contributed by atoms with Gasteiger partial charge in [-0.3, -0.25) is 4.90 Å². The first-order valence-electron chi connectivity index (χ1n) is 7.51. The topological polar surface area (TPSA) is 38.5 Å². The molecule has 0 aromatic carbocycles. The minimum Gasteiger partial charge on any atom is -0.373 e. The molecule has 2 fully saturated rings. The second-order valence-electron chi connectivity index (χ2n) is 7.21. The molecule has 2 N–H and O–H groups in total. The van der Waals surface area contributed by atoms with Gasteiger partial charge in [0.25, 0.3) is 0 Å². The Bertz CT molecular complexity index is 270. The Balaban J connectivity index is 1.93. The average molecular weight is 254 g/mol. The van der Waals surface area contributed by atoms with Crippen LogP contribution in [-0.2, 0) is 4.74 Å². The predicted octanol–water partition coefficient (Wildman–Crippen LogP) is 2.25. The van der Waals surface area contributed by atoms with Crippen LogP contribution in [0.25, 0.3) is 0 Å². The molecule has 0 atom stereocenters. The molecule has 0 spiro atoms. The maximum absolute atomic E-state index is 6.11. The normalized spacial score (nSPS) is 37.7.